The molecule has 11 heteroatoms. The molecule has 3 aromatic carbocycles. The largest absolute Gasteiger partial charge is 0.444 e. The number of pyridine rings is 1. The smallest absolute Gasteiger partial charge is 0.412 e. The lowest BCUT2D eigenvalue weighted by molar-refractivity contribution is 0.0635. The first-order chi connectivity index (χ1) is 22.3. The Labute approximate surface area is 277 Å². The lowest BCUT2D eigenvalue weighted by atomic mass is 10.1. The molecule has 3 N–H and O–H groups in total. The molecule has 0 aliphatic carbocycles. The Hall–Kier alpha value is -5.03. The van der Waals surface area contributed by atoms with Gasteiger partial charge in [-0.3, -0.25) is 10.1 Å². The predicted molar refractivity (Wildman–Crippen MR) is 184 cm³/mol. The average Bonchev–Trinajstić information content (AvgIpc) is 3.02. The van der Waals surface area contributed by atoms with Crippen LogP contribution in [-0.4, -0.2) is 32.6 Å². The van der Waals surface area contributed by atoms with E-state index in [2.05, 4.69) is 39.8 Å². The second-order valence-corrected chi connectivity index (χ2v) is 13.4. The summed E-state index contributed by atoms with van der Waals surface area (Å²) in [6, 6.07) is 22.4. The van der Waals surface area contributed by atoms with Crippen LogP contribution < -0.4 is 16.0 Å². The number of benzene rings is 3. The van der Waals surface area contributed by atoms with Crippen LogP contribution in [0.2, 0.25) is 0 Å². The minimum absolute atomic E-state index is 0.243. The second-order valence-electron chi connectivity index (χ2n) is 12.3. The fourth-order valence-electron chi connectivity index (χ4n) is 4.63. The maximum Gasteiger partial charge on any atom is 0.412 e. The molecule has 0 spiro atoms. The summed E-state index contributed by atoms with van der Waals surface area (Å²) >= 11 is 1.48. The molecular formula is C36H37FN6O3S. The van der Waals surface area contributed by atoms with Crippen molar-refractivity contribution >= 4 is 52.0 Å². The van der Waals surface area contributed by atoms with E-state index in [0.717, 1.165) is 26.4 Å². The van der Waals surface area contributed by atoms with Gasteiger partial charge in [0, 0.05) is 26.7 Å². The molecule has 0 radical (unpaired) electrons. The summed E-state index contributed by atoms with van der Waals surface area (Å²) in [7, 11) is 0. The van der Waals surface area contributed by atoms with E-state index in [1.807, 2.05) is 58.0 Å². The van der Waals surface area contributed by atoms with Crippen LogP contribution in [0.25, 0.3) is 11.0 Å². The number of carbonyl (C=O) groups is 2. The van der Waals surface area contributed by atoms with Gasteiger partial charge in [-0.2, -0.15) is 0 Å². The summed E-state index contributed by atoms with van der Waals surface area (Å²) < 4.78 is 18.8. The third kappa shape index (κ3) is 8.82. The standard InChI is InChI=1S/C36H37FN6O3S/c1-21(2)29-17-16-28-32(42-29)38-20-39-33(28)43-30-19-24(34(44)40-22(3)23-7-10-25(37)11-8-23)9-18-31(30)47-27-14-12-26(13-15-27)41-35(45)46-36(4,5)6/h7-22H,1-6H3,(H,40,44)(H,41,45)(H,38,39,42,43). The third-order valence-electron chi connectivity index (χ3n) is 7.05. The lowest BCUT2D eigenvalue weighted by Crippen LogP contribution is -2.27. The summed E-state index contributed by atoms with van der Waals surface area (Å²) in [5, 5.41) is 9.91. The SMILES string of the molecule is CC(C)c1ccc2c(Nc3cc(C(=O)NC(C)c4ccc(F)cc4)ccc3Sc3ccc(NC(=O)OC(C)(C)C)cc3)ncnc2n1. The van der Waals surface area contributed by atoms with Crippen molar-refractivity contribution in [2.45, 2.75) is 68.9 Å². The van der Waals surface area contributed by atoms with Crippen LogP contribution in [0.3, 0.4) is 0 Å². The predicted octanol–water partition coefficient (Wildman–Crippen LogP) is 9.02. The molecule has 0 bridgehead atoms. The molecule has 2 heterocycles. The van der Waals surface area contributed by atoms with Crippen molar-refractivity contribution in [1.82, 2.24) is 20.3 Å². The van der Waals surface area contributed by atoms with Crippen molar-refractivity contribution in [3.63, 3.8) is 0 Å². The molecule has 5 aromatic rings. The maximum absolute atomic E-state index is 13.4. The van der Waals surface area contributed by atoms with Crippen LogP contribution >= 0.6 is 11.8 Å². The molecule has 0 aliphatic rings. The summed E-state index contributed by atoms with van der Waals surface area (Å²) in [5.41, 5.74) is 3.37. The molecule has 9 nitrogen and oxygen atoms in total. The number of hydrogen-bond donors (Lipinski definition) is 3. The van der Waals surface area contributed by atoms with E-state index in [1.165, 1.54) is 30.2 Å². The van der Waals surface area contributed by atoms with Crippen LogP contribution in [0, 0.1) is 5.82 Å². The number of carbonyl (C=O) groups excluding carboxylic acids is 2. The van der Waals surface area contributed by atoms with Crippen molar-refractivity contribution < 1.29 is 18.7 Å². The molecule has 2 aromatic heterocycles. The summed E-state index contributed by atoms with van der Waals surface area (Å²) in [4.78, 5) is 40.9. The minimum Gasteiger partial charge on any atom is -0.444 e. The Bertz CT molecular complexity index is 1890. The molecule has 242 valence electrons. The first-order valence-electron chi connectivity index (χ1n) is 15.2. The number of fused-ring (bicyclic) bond motifs is 1. The van der Waals surface area contributed by atoms with Gasteiger partial charge in [0.05, 0.1) is 17.1 Å². The van der Waals surface area contributed by atoms with Gasteiger partial charge >= 0.3 is 6.09 Å². The fourth-order valence-corrected chi connectivity index (χ4v) is 5.52. The Morgan fingerprint density at radius 1 is 0.894 bits per heavy atom. The van der Waals surface area contributed by atoms with Gasteiger partial charge in [-0.05, 0) is 106 Å². The summed E-state index contributed by atoms with van der Waals surface area (Å²) in [6.45, 7) is 11.4. The molecular weight excluding hydrogens is 616 g/mol. The first kappa shape index (κ1) is 33.3. The molecule has 0 fully saturated rings. The number of nitrogens with one attached hydrogen (secondary N) is 3. The van der Waals surface area contributed by atoms with Gasteiger partial charge in [-0.15, -0.1) is 0 Å². The molecule has 2 amide bonds. The monoisotopic (exact) mass is 652 g/mol. The van der Waals surface area contributed by atoms with E-state index in [4.69, 9.17) is 9.72 Å². The van der Waals surface area contributed by atoms with Gasteiger partial charge in [-0.1, -0.05) is 37.7 Å². The van der Waals surface area contributed by atoms with Gasteiger partial charge in [-0.25, -0.2) is 24.1 Å². The number of ether oxygens (including phenoxy) is 1. The summed E-state index contributed by atoms with van der Waals surface area (Å²) in [5.74, 6) is 0.175. The van der Waals surface area contributed by atoms with Crippen molar-refractivity contribution in [1.29, 1.82) is 0 Å². The number of nitrogens with zero attached hydrogens (tertiary/aromatic N) is 3. The van der Waals surface area contributed by atoms with E-state index < -0.39 is 11.7 Å². The van der Waals surface area contributed by atoms with Gasteiger partial charge in [0.2, 0.25) is 0 Å². The lowest BCUT2D eigenvalue weighted by Gasteiger charge is -2.19. The van der Waals surface area contributed by atoms with Gasteiger partial charge in [0.15, 0.2) is 5.65 Å². The zero-order chi connectivity index (χ0) is 33.7. The van der Waals surface area contributed by atoms with Crippen molar-refractivity contribution in [3.05, 3.63) is 108 Å². The van der Waals surface area contributed by atoms with E-state index in [-0.39, 0.29) is 23.7 Å². The van der Waals surface area contributed by atoms with E-state index in [1.54, 1.807) is 36.4 Å². The molecule has 1 unspecified atom stereocenters. The number of halogens is 1. The first-order valence-corrected chi connectivity index (χ1v) is 16.0. The van der Waals surface area contributed by atoms with Crippen LogP contribution in [-0.2, 0) is 4.74 Å². The van der Waals surface area contributed by atoms with Gasteiger partial charge < -0.3 is 15.4 Å². The average molecular weight is 653 g/mol. The second kappa shape index (κ2) is 14.2. The fraction of sp³-hybridized carbons (Fsp3) is 0.250. The molecule has 0 saturated heterocycles. The van der Waals surface area contributed by atoms with Crippen LogP contribution in [0.4, 0.5) is 26.4 Å². The number of rotatable bonds is 9. The molecule has 1 atom stereocenters. The Morgan fingerprint density at radius 2 is 1.62 bits per heavy atom. The van der Waals surface area contributed by atoms with Crippen molar-refractivity contribution in [2.24, 2.45) is 0 Å². The zero-order valence-electron chi connectivity index (χ0n) is 27.1. The van der Waals surface area contributed by atoms with E-state index >= 15 is 0 Å². The highest BCUT2D eigenvalue weighted by Gasteiger charge is 2.18. The molecule has 47 heavy (non-hydrogen) atoms. The Balaban J connectivity index is 1.43. The van der Waals surface area contributed by atoms with Crippen LogP contribution in [0.15, 0.2) is 95.0 Å². The van der Waals surface area contributed by atoms with Gasteiger partial charge in [0.25, 0.3) is 5.91 Å². The number of aromatic nitrogens is 3. The highest BCUT2D eigenvalue weighted by atomic mass is 32.2. The van der Waals surface area contributed by atoms with Gasteiger partial charge in [0.1, 0.15) is 23.6 Å². The van der Waals surface area contributed by atoms with Crippen LogP contribution in [0.1, 0.15) is 75.1 Å². The van der Waals surface area contributed by atoms with E-state index in [9.17, 15) is 14.0 Å². The highest BCUT2D eigenvalue weighted by molar-refractivity contribution is 7.99. The summed E-state index contributed by atoms with van der Waals surface area (Å²) in [6.07, 6.45) is 0.936. The topological polar surface area (TPSA) is 118 Å². The Morgan fingerprint density at radius 3 is 2.30 bits per heavy atom. The van der Waals surface area contributed by atoms with Crippen molar-refractivity contribution in [2.75, 3.05) is 10.6 Å². The van der Waals surface area contributed by atoms with Crippen LogP contribution in [0.5, 0.6) is 0 Å². The number of anilines is 3. The van der Waals surface area contributed by atoms with Crippen molar-refractivity contribution in [3.8, 4) is 0 Å². The molecule has 5 rings (SSSR count). The third-order valence-corrected chi connectivity index (χ3v) is 8.13. The number of amides is 2. The molecule has 0 aliphatic heterocycles. The number of hydrogen-bond acceptors (Lipinski definition) is 8. The zero-order valence-corrected chi connectivity index (χ0v) is 27.9. The normalized spacial score (nSPS) is 12.1. The maximum atomic E-state index is 13.4. The molecule has 0 saturated carbocycles. The quantitative estimate of drug-likeness (QED) is 0.144. The Kier molecular flexibility index (Phi) is 10.0. The minimum atomic E-state index is -0.604. The highest BCUT2D eigenvalue weighted by Crippen LogP contribution is 2.37. The van der Waals surface area contributed by atoms with E-state index in [0.29, 0.717) is 28.4 Å².